The summed E-state index contributed by atoms with van der Waals surface area (Å²) in [7, 11) is 0. The Kier molecular flexibility index (Phi) is 7.93. The third-order valence-electron chi connectivity index (χ3n) is 6.68. The second-order valence-electron chi connectivity index (χ2n) is 9.98. The number of ether oxygens (including phenoxy) is 2. The van der Waals surface area contributed by atoms with Crippen molar-refractivity contribution in [2.45, 2.75) is 57.6 Å². The van der Waals surface area contributed by atoms with Crippen LogP contribution in [0.1, 0.15) is 42.8 Å². The largest absolute Gasteiger partial charge is 0.396 e. The highest BCUT2D eigenvalue weighted by Gasteiger charge is 2.53. The number of anilines is 2. The van der Waals surface area contributed by atoms with Crippen molar-refractivity contribution in [3.8, 4) is 22.4 Å². The van der Waals surface area contributed by atoms with Crippen LogP contribution in [0.15, 0.2) is 36.5 Å². The molecule has 5 rings (SSSR count). The van der Waals surface area contributed by atoms with E-state index >= 15 is 0 Å². The number of nitrogens with zero attached hydrogens (tertiary/aromatic N) is 3. The van der Waals surface area contributed by atoms with Gasteiger partial charge < -0.3 is 30.3 Å². The number of nitrogens with one attached hydrogen (secondary N) is 2. The summed E-state index contributed by atoms with van der Waals surface area (Å²) < 4.78 is 12.3. The zero-order valence-electron chi connectivity index (χ0n) is 21.8. The second kappa shape index (κ2) is 11.4. The fourth-order valence-corrected chi connectivity index (χ4v) is 5.78. The van der Waals surface area contributed by atoms with E-state index in [-0.39, 0.29) is 37.4 Å². The summed E-state index contributed by atoms with van der Waals surface area (Å²) in [6.07, 6.45) is 2.65. The molecule has 2 fully saturated rings. The van der Waals surface area contributed by atoms with Gasteiger partial charge in [-0.2, -0.15) is 4.98 Å². The Morgan fingerprint density at radius 1 is 1.11 bits per heavy atom. The molecule has 4 N–H and O–H groups in total. The Bertz CT molecular complexity index is 1320. The van der Waals surface area contributed by atoms with E-state index in [0.717, 1.165) is 21.1 Å². The maximum Gasteiger partial charge on any atom is 0.224 e. The zero-order valence-corrected chi connectivity index (χ0v) is 22.6. The molecule has 1 saturated carbocycles. The first-order chi connectivity index (χ1) is 18.4. The Morgan fingerprint density at radius 3 is 2.71 bits per heavy atom. The lowest BCUT2D eigenvalue weighted by molar-refractivity contribution is -0.158. The van der Waals surface area contributed by atoms with Crippen molar-refractivity contribution < 1.29 is 19.7 Å². The predicted molar refractivity (Wildman–Crippen MR) is 147 cm³/mol. The normalized spacial score (nSPS) is 23.5. The van der Waals surface area contributed by atoms with E-state index in [4.69, 9.17) is 19.6 Å². The van der Waals surface area contributed by atoms with Crippen LogP contribution < -0.4 is 10.6 Å². The maximum absolute atomic E-state index is 9.98. The minimum atomic E-state index is -0.713. The number of pyridine rings is 1. The molecule has 2 aliphatic rings. The molecule has 4 heterocycles. The first-order valence-electron chi connectivity index (χ1n) is 12.9. The van der Waals surface area contributed by atoms with Crippen molar-refractivity contribution in [2.24, 2.45) is 5.92 Å². The van der Waals surface area contributed by atoms with Crippen molar-refractivity contribution in [1.29, 1.82) is 0 Å². The topological polar surface area (TPSA) is 122 Å². The average Bonchev–Trinajstić information content (AvgIpc) is 3.58. The number of hydrogen-bond donors (Lipinski definition) is 4. The van der Waals surface area contributed by atoms with E-state index in [1.165, 1.54) is 0 Å². The molecule has 10 heteroatoms. The van der Waals surface area contributed by atoms with E-state index in [1.807, 2.05) is 51.1 Å². The van der Waals surface area contributed by atoms with E-state index in [1.54, 1.807) is 17.5 Å². The molecule has 1 saturated heterocycles. The summed E-state index contributed by atoms with van der Waals surface area (Å²) >= 11 is 1.58. The van der Waals surface area contributed by atoms with Crippen LogP contribution in [0.4, 0.5) is 11.8 Å². The van der Waals surface area contributed by atoms with Crippen LogP contribution in [0.2, 0.25) is 0 Å². The van der Waals surface area contributed by atoms with Crippen LogP contribution in [-0.4, -0.2) is 69.0 Å². The summed E-state index contributed by atoms with van der Waals surface area (Å²) in [5, 5.41) is 25.9. The van der Waals surface area contributed by atoms with Crippen molar-refractivity contribution in [3.63, 3.8) is 0 Å². The number of hydrogen-bond acceptors (Lipinski definition) is 10. The smallest absolute Gasteiger partial charge is 0.224 e. The van der Waals surface area contributed by atoms with Crippen LogP contribution in [-0.2, 0) is 9.47 Å². The van der Waals surface area contributed by atoms with Gasteiger partial charge in [0.1, 0.15) is 11.9 Å². The molecule has 3 aromatic heterocycles. The van der Waals surface area contributed by atoms with Crippen molar-refractivity contribution in [2.75, 3.05) is 30.4 Å². The lowest BCUT2D eigenvalue weighted by Crippen LogP contribution is -2.35. The maximum atomic E-state index is 9.98. The Balaban J connectivity index is 1.44. The molecule has 38 heavy (non-hydrogen) atoms. The minimum Gasteiger partial charge on any atom is -0.396 e. The van der Waals surface area contributed by atoms with Crippen molar-refractivity contribution >= 4 is 23.1 Å². The standard InChI is InChI=1S/C28H33N5O4S/c1-17-20(10-8-19-9-11-23(38-19)21-7-4-5-12-29-21)26(33-27(31-17)30-13-6-14-34)32-22-15-18(16-35)24-25(22)37-28(2,3)36-24/h4-5,7,9,11-12,18,22,24-25,34-35H,6,13-16H2,1-3H3,(H2,30,31,32,33)/t18-,22-,24-,25+/m1/s1. The highest BCUT2D eigenvalue weighted by molar-refractivity contribution is 7.16. The van der Waals surface area contributed by atoms with Crippen LogP contribution in [0.5, 0.6) is 0 Å². The van der Waals surface area contributed by atoms with E-state index in [0.29, 0.717) is 36.7 Å². The zero-order chi connectivity index (χ0) is 26.7. The molecule has 1 aliphatic heterocycles. The van der Waals surface area contributed by atoms with Gasteiger partial charge in [0.2, 0.25) is 5.95 Å². The molecular weight excluding hydrogens is 502 g/mol. The third kappa shape index (κ3) is 5.82. The van der Waals surface area contributed by atoms with Gasteiger partial charge in [0.05, 0.1) is 38.9 Å². The SMILES string of the molecule is Cc1nc(NCCCO)nc(N[C@@H]2C[C@H](CO)[C@H]3OC(C)(C)O[C@H]32)c1C#Cc1ccc(-c2ccccn2)s1. The van der Waals surface area contributed by atoms with Crippen molar-refractivity contribution in [1.82, 2.24) is 15.0 Å². The summed E-state index contributed by atoms with van der Waals surface area (Å²) in [5.41, 5.74) is 2.36. The van der Waals surface area contributed by atoms with Crippen LogP contribution in [0.3, 0.4) is 0 Å². The summed E-state index contributed by atoms with van der Waals surface area (Å²) in [5.74, 6) is 6.90. The average molecular weight is 536 g/mol. The monoisotopic (exact) mass is 535 g/mol. The Hall–Kier alpha value is -3.07. The number of rotatable bonds is 8. The molecule has 200 valence electrons. The van der Waals surface area contributed by atoms with Crippen LogP contribution in [0, 0.1) is 24.7 Å². The van der Waals surface area contributed by atoms with Gasteiger partial charge in [0.25, 0.3) is 0 Å². The van der Waals surface area contributed by atoms with Crippen LogP contribution >= 0.6 is 11.3 Å². The number of aliphatic hydroxyl groups is 2. The first kappa shape index (κ1) is 26.5. The molecular formula is C28H33N5O4S. The minimum absolute atomic E-state index is 0.0270. The van der Waals surface area contributed by atoms with E-state index < -0.39 is 5.79 Å². The van der Waals surface area contributed by atoms with Gasteiger partial charge in [-0.3, -0.25) is 4.98 Å². The highest BCUT2D eigenvalue weighted by atomic mass is 32.1. The van der Waals surface area contributed by atoms with E-state index in [2.05, 4.69) is 32.4 Å². The molecule has 3 aromatic rings. The number of aryl methyl sites for hydroxylation is 1. The van der Waals surface area contributed by atoms with Gasteiger partial charge in [-0.05, 0) is 57.9 Å². The summed E-state index contributed by atoms with van der Waals surface area (Å²) in [4.78, 5) is 15.8. The second-order valence-corrected chi connectivity index (χ2v) is 11.1. The summed E-state index contributed by atoms with van der Waals surface area (Å²) in [6.45, 7) is 6.37. The lowest BCUT2D eigenvalue weighted by atomic mass is 10.1. The van der Waals surface area contributed by atoms with Crippen LogP contribution in [0.25, 0.3) is 10.6 Å². The van der Waals surface area contributed by atoms with Gasteiger partial charge in [-0.15, -0.1) is 11.3 Å². The number of thiophene rings is 1. The molecule has 0 radical (unpaired) electrons. The molecule has 4 atom stereocenters. The molecule has 0 unspecified atom stereocenters. The van der Waals surface area contributed by atoms with Gasteiger partial charge in [0, 0.05) is 31.9 Å². The number of aromatic nitrogens is 3. The highest BCUT2D eigenvalue weighted by Crippen LogP contribution is 2.42. The number of fused-ring (bicyclic) bond motifs is 1. The third-order valence-corrected chi connectivity index (χ3v) is 7.70. The molecule has 0 amide bonds. The van der Waals surface area contributed by atoms with Gasteiger partial charge in [-0.25, -0.2) is 4.98 Å². The van der Waals surface area contributed by atoms with E-state index in [9.17, 15) is 5.11 Å². The fraction of sp³-hybridized carbons (Fsp3) is 0.464. The molecule has 0 spiro atoms. The lowest BCUT2D eigenvalue weighted by Gasteiger charge is -2.24. The van der Waals surface area contributed by atoms with Crippen molar-refractivity contribution in [3.05, 3.63) is 52.7 Å². The Morgan fingerprint density at radius 2 is 1.95 bits per heavy atom. The quantitative estimate of drug-likeness (QED) is 0.254. The first-order valence-corrected chi connectivity index (χ1v) is 13.7. The van der Waals surface area contributed by atoms with Gasteiger partial charge >= 0.3 is 0 Å². The predicted octanol–water partition coefficient (Wildman–Crippen LogP) is 3.42. The van der Waals surface area contributed by atoms with Gasteiger partial charge in [-0.1, -0.05) is 17.9 Å². The van der Waals surface area contributed by atoms with Gasteiger partial charge in [0.15, 0.2) is 5.79 Å². The summed E-state index contributed by atoms with van der Waals surface area (Å²) in [6, 6.07) is 9.76. The molecule has 0 bridgehead atoms. The molecule has 0 aromatic carbocycles. The number of aliphatic hydroxyl groups excluding tert-OH is 2. The molecule has 9 nitrogen and oxygen atoms in total. The fourth-order valence-electron chi connectivity index (χ4n) is 4.94. The molecule has 1 aliphatic carbocycles. The Labute approximate surface area is 226 Å².